The normalized spacial score (nSPS) is 11.6. The SMILES string of the molecule is O=S(=O)(O[I+](c1ccccc1)c1ccccc1)c1cccc(F)c1. The molecule has 0 fully saturated rings. The molecule has 3 rings (SSSR count). The Labute approximate surface area is 148 Å². The Balaban J connectivity index is 2.01. The highest BCUT2D eigenvalue weighted by atomic mass is 127. The van der Waals surface area contributed by atoms with Crippen LogP contribution < -0.4 is 20.2 Å². The van der Waals surface area contributed by atoms with Gasteiger partial charge in [-0.3, -0.25) is 0 Å². The molecule has 0 unspecified atom stereocenters. The molecular weight excluding hydrogens is 442 g/mol. The highest BCUT2D eigenvalue weighted by Gasteiger charge is 2.37. The van der Waals surface area contributed by atoms with E-state index in [0.717, 1.165) is 13.2 Å². The van der Waals surface area contributed by atoms with Gasteiger partial charge in [0, 0.05) is 0 Å². The first-order valence-electron chi connectivity index (χ1n) is 7.07. The van der Waals surface area contributed by atoms with E-state index in [2.05, 4.69) is 0 Å². The van der Waals surface area contributed by atoms with Gasteiger partial charge in [0.2, 0.25) is 0 Å². The average molecular weight is 456 g/mol. The lowest BCUT2D eigenvalue weighted by Crippen LogP contribution is -3.85. The van der Waals surface area contributed by atoms with Crippen molar-refractivity contribution >= 4 is 10.1 Å². The van der Waals surface area contributed by atoms with Crippen molar-refractivity contribution in [2.45, 2.75) is 4.90 Å². The van der Waals surface area contributed by atoms with E-state index in [9.17, 15) is 12.8 Å². The van der Waals surface area contributed by atoms with Crippen molar-refractivity contribution in [2.24, 2.45) is 0 Å². The van der Waals surface area contributed by atoms with Crippen molar-refractivity contribution < 1.29 is 35.6 Å². The van der Waals surface area contributed by atoms with Gasteiger partial charge in [0.15, 0.2) is 7.14 Å². The standard InChI is InChI=1S/C18H14FIO3S/c19-15-8-7-13-18(14-15)24(21,22)23-20(16-9-3-1-4-10-16)17-11-5-2-6-12-17/h1-14H/q+1. The first-order valence-corrected chi connectivity index (χ1v) is 11.5. The largest absolute Gasteiger partial charge is 0.336 e. The summed E-state index contributed by atoms with van der Waals surface area (Å²) in [5.74, 6) is -0.612. The predicted molar refractivity (Wildman–Crippen MR) is 84.9 cm³/mol. The summed E-state index contributed by atoms with van der Waals surface area (Å²) in [5.41, 5.74) is 0. The van der Waals surface area contributed by atoms with Gasteiger partial charge in [-0.05, 0) is 45.0 Å². The van der Waals surface area contributed by atoms with Gasteiger partial charge in [0.1, 0.15) is 10.7 Å². The molecule has 123 valence electrons. The Morgan fingerprint density at radius 1 is 0.750 bits per heavy atom. The summed E-state index contributed by atoms with van der Waals surface area (Å²) < 4.78 is 45.9. The Morgan fingerprint density at radius 2 is 1.29 bits per heavy atom. The van der Waals surface area contributed by atoms with Crippen LogP contribution in [0.15, 0.2) is 89.8 Å². The first-order chi connectivity index (χ1) is 11.6. The second-order valence-corrected chi connectivity index (χ2v) is 11.3. The van der Waals surface area contributed by atoms with Crippen LogP contribution in [0.3, 0.4) is 0 Å². The topological polar surface area (TPSA) is 43.4 Å². The molecule has 0 bridgehead atoms. The molecule has 3 aromatic rings. The van der Waals surface area contributed by atoms with Gasteiger partial charge in [-0.2, -0.15) is 8.42 Å². The summed E-state index contributed by atoms with van der Waals surface area (Å²) in [5, 5.41) is 0. The third-order valence-electron chi connectivity index (χ3n) is 3.09. The van der Waals surface area contributed by atoms with Crippen LogP contribution in [-0.4, -0.2) is 8.42 Å². The molecule has 0 saturated heterocycles. The molecule has 0 N–H and O–H groups in total. The molecule has 0 heterocycles. The molecule has 1 radical (unpaired) electrons. The van der Waals surface area contributed by atoms with E-state index < -0.39 is 36.2 Å². The van der Waals surface area contributed by atoms with E-state index in [4.69, 9.17) is 2.51 Å². The lowest BCUT2D eigenvalue weighted by molar-refractivity contribution is -1.03. The highest BCUT2D eigenvalue weighted by molar-refractivity contribution is 7.86. The molecule has 0 spiro atoms. The molecule has 0 aromatic heterocycles. The lowest BCUT2D eigenvalue weighted by atomic mass is 10.4. The summed E-state index contributed by atoms with van der Waals surface area (Å²) in [6.45, 7) is 0. The van der Waals surface area contributed by atoms with Gasteiger partial charge in [-0.25, -0.2) is 4.39 Å². The van der Waals surface area contributed by atoms with Crippen LogP contribution in [0.5, 0.6) is 0 Å². The number of hydrogen-bond donors (Lipinski definition) is 0. The quantitative estimate of drug-likeness (QED) is 0.534. The Kier molecular flexibility index (Phi) is 5.27. The molecule has 0 aliphatic carbocycles. The smallest absolute Gasteiger partial charge is 0.207 e. The molecule has 6 heteroatoms. The molecule has 0 aliphatic heterocycles. The fourth-order valence-electron chi connectivity index (χ4n) is 2.00. The van der Waals surface area contributed by atoms with Crippen molar-refractivity contribution in [3.05, 3.63) is 97.9 Å². The van der Waals surface area contributed by atoms with Gasteiger partial charge in [0.25, 0.3) is 0 Å². The van der Waals surface area contributed by atoms with E-state index in [1.165, 1.54) is 18.2 Å². The summed E-state index contributed by atoms with van der Waals surface area (Å²) in [6.07, 6.45) is 0. The maximum absolute atomic E-state index is 13.4. The molecule has 3 nitrogen and oxygen atoms in total. The molecule has 3 aromatic carbocycles. The highest BCUT2D eigenvalue weighted by Crippen LogP contribution is 2.11. The van der Waals surface area contributed by atoms with Crippen LogP contribution in [0.25, 0.3) is 0 Å². The van der Waals surface area contributed by atoms with E-state index in [1.54, 1.807) is 0 Å². The number of hydrogen-bond acceptors (Lipinski definition) is 3. The van der Waals surface area contributed by atoms with Crippen molar-refractivity contribution in [1.82, 2.24) is 0 Å². The first kappa shape index (κ1) is 17.1. The lowest BCUT2D eigenvalue weighted by Gasteiger charge is -2.06. The maximum atomic E-state index is 13.4. The minimum Gasteiger partial charge on any atom is -0.207 e. The van der Waals surface area contributed by atoms with Crippen molar-refractivity contribution in [1.29, 1.82) is 0 Å². The van der Waals surface area contributed by atoms with Crippen LogP contribution in [-0.2, 0) is 12.6 Å². The van der Waals surface area contributed by atoms with Crippen LogP contribution in [0.4, 0.5) is 4.39 Å². The van der Waals surface area contributed by atoms with Gasteiger partial charge in [-0.1, -0.05) is 42.5 Å². The van der Waals surface area contributed by atoms with Crippen LogP contribution in [0.2, 0.25) is 0 Å². The van der Waals surface area contributed by atoms with E-state index >= 15 is 0 Å². The van der Waals surface area contributed by atoms with Gasteiger partial charge < -0.3 is 0 Å². The van der Waals surface area contributed by atoms with Gasteiger partial charge in [0.05, 0.1) is 0 Å². The molecule has 0 aliphatic rings. The zero-order valence-electron chi connectivity index (χ0n) is 12.5. The second kappa shape index (κ2) is 7.42. The monoisotopic (exact) mass is 456 g/mol. The average Bonchev–Trinajstić information content (AvgIpc) is 2.61. The fraction of sp³-hybridized carbons (Fsp3) is 0. The molecule has 24 heavy (non-hydrogen) atoms. The fourth-order valence-corrected chi connectivity index (χ4v) is 9.03. The third kappa shape index (κ3) is 4.00. The number of rotatable bonds is 5. The third-order valence-corrected chi connectivity index (χ3v) is 10.4. The Morgan fingerprint density at radius 3 is 1.79 bits per heavy atom. The van der Waals surface area contributed by atoms with Crippen molar-refractivity contribution in [3.8, 4) is 0 Å². The molecule has 0 amide bonds. The zero-order valence-corrected chi connectivity index (χ0v) is 15.4. The summed E-state index contributed by atoms with van der Waals surface area (Å²) >= 11 is -2.68. The Bertz CT molecular complexity index is 876. The predicted octanol–water partition coefficient (Wildman–Crippen LogP) is 0.810. The second-order valence-electron chi connectivity index (χ2n) is 4.81. The number of halogens is 2. The number of benzene rings is 3. The minimum absolute atomic E-state index is 0.170. The van der Waals surface area contributed by atoms with E-state index in [-0.39, 0.29) is 4.90 Å². The maximum Gasteiger partial charge on any atom is 0.336 e. The van der Waals surface area contributed by atoms with E-state index in [1.807, 2.05) is 60.7 Å². The summed E-state index contributed by atoms with van der Waals surface area (Å²) in [6, 6.07) is 23.4. The van der Waals surface area contributed by atoms with E-state index in [0.29, 0.717) is 0 Å². The van der Waals surface area contributed by atoms with Crippen molar-refractivity contribution in [3.63, 3.8) is 0 Å². The Hall–Kier alpha value is -1.77. The van der Waals surface area contributed by atoms with Crippen LogP contribution >= 0.6 is 0 Å². The minimum atomic E-state index is -4.05. The van der Waals surface area contributed by atoms with Gasteiger partial charge in [-0.15, -0.1) is 0 Å². The van der Waals surface area contributed by atoms with Crippen LogP contribution in [0, 0.1) is 13.0 Å². The van der Waals surface area contributed by atoms with Gasteiger partial charge >= 0.3 is 30.4 Å². The van der Waals surface area contributed by atoms with Crippen LogP contribution in [0.1, 0.15) is 0 Å². The summed E-state index contributed by atoms with van der Waals surface area (Å²) in [4.78, 5) is -0.170. The van der Waals surface area contributed by atoms with Crippen molar-refractivity contribution in [2.75, 3.05) is 0 Å². The molecular formula is C18H14FIO3S+. The zero-order chi connectivity index (χ0) is 17.0. The summed E-state index contributed by atoms with van der Waals surface area (Å²) in [7, 11) is -4.05. The molecule has 0 atom stereocenters. The molecule has 0 saturated carbocycles.